The second-order valence-corrected chi connectivity index (χ2v) is 28.0. The van der Waals surface area contributed by atoms with Crippen LogP contribution in [0.3, 0.4) is 0 Å². The zero-order valence-electron chi connectivity index (χ0n) is 55.1. The Hall–Kier alpha value is -1.94. The summed E-state index contributed by atoms with van der Waals surface area (Å²) in [5.74, 6) is 0.169. The molecule has 0 aromatic carbocycles. The molecule has 0 rings (SSSR count). The average Bonchev–Trinajstić information content (AvgIpc) is 3.61. The van der Waals surface area contributed by atoms with Gasteiger partial charge in [-0.1, -0.05) is 273 Å². The lowest BCUT2D eigenvalue weighted by atomic mass is 9.99. The molecule has 0 aromatic rings. The minimum Gasteiger partial charge on any atom is -0.462 e. The number of aliphatic hydroxyl groups excluding tert-OH is 1. The number of ether oxygens (including phenoxy) is 4. The van der Waals surface area contributed by atoms with Gasteiger partial charge < -0.3 is 33.8 Å². The van der Waals surface area contributed by atoms with E-state index < -0.39 is 97.5 Å². The molecule has 0 aromatic heterocycles. The highest BCUT2D eigenvalue weighted by molar-refractivity contribution is 7.47. The Labute approximate surface area is 517 Å². The van der Waals surface area contributed by atoms with Crippen LogP contribution in [0.2, 0.25) is 0 Å². The normalized spacial score (nSPS) is 14.6. The van der Waals surface area contributed by atoms with E-state index in [1.165, 1.54) is 128 Å². The highest BCUT2D eigenvalue weighted by Gasteiger charge is 2.30. The number of hydrogen-bond acceptors (Lipinski definition) is 15. The van der Waals surface area contributed by atoms with Gasteiger partial charge in [0.05, 0.1) is 26.4 Å². The highest BCUT2D eigenvalue weighted by atomic mass is 31.2. The molecule has 85 heavy (non-hydrogen) atoms. The molecule has 0 saturated carbocycles. The van der Waals surface area contributed by atoms with Crippen LogP contribution in [0.4, 0.5) is 0 Å². The third kappa shape index (κ3) is 59.5. The number of carbonyl (C=O) groups is 4. The minimum atomic E-state index is -4.95. The van der Waals surface area contributed by atoms with Crippen molar-refractivity contribution in [2.24, 2.45) is 17.8 Å². The fourth-order valence-corrected chi connectivity index (χ4v) is 11.4. The monoisotopic (exact) mass is 1250 g/mol. The quantitative estimate of drug-likeness (QED) is 0.0222. The first kappa shape index (κ1) is 83.1. The molecule has 0 amide bonds. The molecular formula is C66H128O17P2. The van der Waals surface area contributed by atoms with Crippen LogP contribution in [-0.2, 0) is 65.4 Å². The molecule has 504 valence electrons. The van der Waals surface area contributed by atoms with Crippen molar-refractivity contribution in [1.29, 1.82) is 0 Å². The molecule has 17 nitrogen and oxygen atoms in total. The number of phosphoric ester groups is 2. The Morgan fingerprint density at radius 2 is 0.600 bits per heavy atom. The van der Waals surface area contributed by atoms with E-state index in [0.29, 0.717) is 25.7 Å². The highest BCUT2D eigenvalue weighted by Crippen LogP contribution is 2.45. The standard InChI is InChI=1S/C66H128O17P2/c1-8-10-11-30-40-47-63(68)76-53-61(82-66(71)50-43-36-29-23-17-19-25-32-38-45-58(5)6)55-80-84(72,73)78-51-60(67)52-79-85(74,75)81-56-62(83-65(70)49-42-35-28-22-14-12-13-18-24-31-37-44-57(3)4)54-77-64(69)48-41-34-27-21-16-15-20-26-33-39-46-59(7)9-2/h57-62,67H,8-56H2,1-7H3,(H,72,73)(H,74,75)/t59?,60-,61+,62+/m0/s1. The number of hydrogen-bond donors (Lipinski definition) is 3. The molecule has 19 heteroatoms. The summed E-state index contributed by atoms with van der Waals surface area (Å²) in [7, 11) is -9.89. The van der Waals surface area contributed by atoms with Gasteiger partial charge >= 0.3 is 39.5 Å². The van der Waals surface area contributed by atoms with E-state index in [0.717, 1.165) is 114 Å². The summed E-state index contributed by atoms with van der Waals surface area (Å²) in [6.45, 7) is 11.7. The van der Waals surface area contributed by atoms with Crippen LogP contribution >= 0.6 is 15.6 Å². The predicted octanol–water partition coefficient (Wildman–Crippen LogP) is 18.3. The largest absolute Gasteiger partial charge is 0.472 e. The van der Waals surface area contributed by atoms with Gasteiger partial charge in [0.25, 0.3) is 0 Å². The smallest absolute Gasteiger partial charge is 0.462 e. The first-order valence-electron chi connectivity index (χ1n) is 34.4. The number of aliphatic hydroxyl groups is 1. The van der Waals surface area contributed by atoms with Gasteiger partial charge in [0.2, 0.25) is 0 Å². The van der Waals surface area contributed by atoms with E-state index in [1.54, 1.807) is 0 Å². The number of esters is 4. The first-order chi connectivity index (χ1) is 40.8. The summed E-state index contributed by atoms with van der Waals surface area (Å²) in [5, 5.41) is 10.5. The number of carbonyl (C=O) groups excluding carboxylic acids is 4. The molecule has 3 N–H and O–H groups in total. The molecule has 0 spiro atoms. The van der Waals surface area contributed by atoms with Crippen molar-refractivity contribution in [3.05, 3.63) is 0 Å². The van der Waals surface area contributed by atoms with Crippen LogP contribution in [0, 0.1) is 17.8 Å². The van der Waals surface area contributed by atoms with E-state index in [4.69, 9.17) is 37.0 Å². The first-order valence-corrected chi connectivity index (χ1v) is 37.4. The molecule has 3 unspecified atom stereocenters. The summed E-state index contributed by atoms with van der Waals surface area (Å²) in [4.78, 5) is 72.1. The summed E-state index contributed by atoms with van der Waals surface area (Å²) < 4.78 is 67.9. The Morgan fingerprint density at radius 1 is 0.341 bits per heavy atom. The van der Waals surface area contributed by atoms with Crippen molar-refractivity contribution >= 4 is 39.5 Å². The predicted molar refractivity (Wildman–Crippen MR) is 340 cm³/mol. The van der Waals surface area contributed by atoms with Gasteiger partial charge in [-0.3, -0.25) is 37.3 Å². The molecule has 0 radical (unpaired) electrons. The van der Waals surface area contributed by atoms with E-state index in [2.05, 4.69) is 48.5 Å². The SMILES string of the molecule is CCCCCCCC(=O)OC[C@H](COP(=O)(O)OC[C@H](O)COP(=O)(O)OC[C@@H](COC(=O)CCCCCCCCCCCCC(C)CC)OC(=O)CCCCCCCCCCCCCC(C)C)OC(=O)CCCCCCCCCCCC(C)C. The molecule has 0 heterocycles. The zero-order chi connectivity index (χ0) is 63.1. The maximum absolute atomic E-state index is 13.0. The van der Waals surface area contributed by atoms with Crippen molar-refractivity contribution in [3.8, 4) is 0 Å². The number of rotatable bonds is 64. The zero-order valence-corrected chi connectivity index (χ0v) is 56.9. The van der Waals surface area contributed by atoms with Gasteiger partial charge in [-0.05, 0) is 43.4 Å². The van der Waals surface area contributed by atoms with Crippen molar-refractivity contribution < 1.29 is 80.2 Å². The maximum Gasteiger partial charge on any atom is 0.472 e. The lowest BCUT2D eigenvalue weighted by molar-refractivity contribution is -0.161. The maximum atomic E-state index is 13.0. The molecule has 0 aliphatic carbocycles. The van der Waals surface area contributed by atoms with Crippen molar-refractivity contribution in [3.63, 3.8) is 0 Å². The van der Waals surface area contributed by atoms with Gasteiger partial charge in [-0.25, -0.2) is 9.13 Å². The Kier molecular flexibility index (Phi) is 55.9. The van der Waals surface area contributed by atoms with Crippen LogP contribution < -0.4 is 0 Å². The van der Waals surface area contributed by atoms with Gasteiger partial charge in [0.15, 0.2) is 12.2 Å². The molecule has 0 fully saturated rings. The van der Waals surface area contributed by atoms with Gasteiger partial charge in [-0.15, -0.1) is 0 Å². The molecule has 0 bridgehead atoms. The Balaban J connectivity index is 5.19. The topological polar surface area (TPSA) is 237 Å². The summed E-state index contributed by atoms with van der Waals surface area (Å²) in [6.07, 6.45) is 39.2. The Morgan fingerprint density at radius 3 is 0.894 bits per heavy atom. The van der Waals surface area contributed by atoms with E-state index in [-0.39, 0.29) is 25.7 Å². The van der Waals surface area contributed by atoms with E-state index in [9.17, 15) is 43.2 Å². The number of phosphoric acid groups is 2. The van der Waals surface area contributed by atoms with Gasteiger partial charge in [0.1, 0.15) is 19.3 Å². The average molecular weight is 1260 g/mol. The van der Waals surface area contributed by atoms with Gasteiger partial charge in [-0.2, -0.15) is 0 Å². The lowest BCUT2D eigenvalue weighted by Crippen LogP contribution is -2.30. The lowest BCUT2D eigenvalue weighted by Gasteiger charge is -2.21. The summed E-state index contributed by atoms with van der Waals surface area (Å²) >= 11 is 0. The fraction of sp³-hybridized carbons (Fsp3) is 0.939. The van der Waals surface area contributed by atoms with Crippen molar-refractivity contribution in [2.75, 3.05) is 39.6 Å². The molecule has 6 atom stereocenters. The molecule has 0 aliphatic rings. The number of unbranched alkanes of at least 4 members (excludes halogenated alkanes) is 31. The van der Waals surface area contributed by atoms with E-state index in [1.807, 2.05) is 0 Å². The van der Waals surface area contributed by atoms with Crippen LogP contribution in [0.1, 0.15) is 325 Å². The summed E-state index contributed by atoms with van der Waals surface area (Å²) in [6, 6.07) is 0. The second kappa shape index (κ2) is 57.2. The van der Waals surface area contributed by atoms with Gasteiger partial charge in [0, 0.05) is 25.7 Å². The van der Waals surface area contributed by atoms with Crippen LogP contribution in [0.25, 0.3) is 0 Å². The van der Waals surface area contributed by atoms with E-state index >= 15 is 0 Å². The minimum absolute atomic E-state index is 0.104. The third-order valence-electron chi connectivity index (χ3n) is 15.5. The third-order valence-corrected chi connectivity index (χ3v) is 17.4. The van der Waals surface area contributed by atoms with Crippen LogP contribution in [0.5, 0.6) is 0 Å². The van der Waals surface area contributed by atoms with Crippen molar-refractivity contribution in [2.45, 2.75) is 343 Å². The molecule has 0 aliphatic heterocycles. The second-order valence-electron chi connectivity index (χ2n) is 25.1. The van der Waals surface area contributed by atoms with Crippen molar-refractivity contribution in [1.82, 2.24) is 0 Å². The van der Waals surface area contributed by atoms with Crippen LogP contribution in [0.15, 0.2) is 0 Å². The summed E-state index contributed by atoms with van der Waals surface area (Å²) in [5.41, 5.74) is 0. The Bertz CT molecular complexity index is 1680. The van der Waals surface area contributed by atoms with Crippen LogP contribution in [-0.4, -0.2) is 96.7 Å². The molecular weight excluding hydrogens is 1130 g/mol. The molecule has 0 saturated heterocycles. The fourth-order valence-electron chi connectivity index (χ4n) is 9.80.